The van der Waals surface area contributed by atoms with Crippen molar-refractivity contribution >= 4 is 33.2 Å². The monoisotopic (exact) mass is 341 g/mol. The molecule has 0 amide bonds. The lowest BCUT2D eigenvalue weighted by molar-refractivity contribution is 0.434. The number of aromatic hydroxyl groups is 2. The van der Waals surface area contributed by atoms with Crippen molar-refractivity contribution in [1.82, 2.24) is 0 Å². The van der Waals surface area contributed by atoms with E-state index in [4.69, 9.17) is 11.6 Å². The zero-order valence-electron chi connectivity index (χ0n) is 10.2. The first kappa shape index (κ1) is 14.0. The van der Waals surface area contributed by atoms with Crippen molar-refractivity contribution < 1.29 is 10.2 Å². The van der Waals surface area contributed by atoms with Crippen LogP contribution in [0.15, 0.2) is 40.9 Å². The summed E-state index contributed by atoms with van der Waals surface area (Å²) in [7, 11) is 0. The number of anilines is 1. The molecule has 0 aliphatic heterocycles. The van der Waals surface area contributed by atoms with E-state index in [2.05, 4.69) is 21.2 Å². The Morgan fingerprint density at radius 3 is 2.32 bits per heavy atom. The highest BCUT2D eigenvalue weighted by atomic mass is 79.9. The molecule has 1 atom stereocenters. The molecule has 5 heteroatoms. The van der Waals surface area contributed by atoms with E-state index >= 15 is 0 Å². The van der Waals surface area contributed by atoms with E-state index < -0.39 is 0 Å². The van der Waals surface area contributed by atoms with Gasteiger partial charge in [0.1, 0.15) is 11.5 Å². The Hall–Kier alpha value is -1.39. The molecule has 2 aromatic rings. The third kappa shape index (κ3) is 2.96. The quantitative estimate of drug-likeness (QED) is 0.758. The van der Waals surface area contributed by atoms with Crippen molar-refractivity contribution in [1.29, 1.82) is 0 Å². The van der Waals surface area contributed by atoms with Gasteiger partial charge in [-0.05, 0) is 47.1 Å². The van der Waals surface area contributed by atoms with E-state index in [0.717, 1.165) is 10.2 Å². The minimum atomic E-state index is -0.268. The van der Waals surface area contributed by atoms with E-state index in [1.165, 1.54) is 0 Å². The van der Waals surface area contributed by atoms with Crippen LogP contribution < -0.4 is 5.32 Å². The second kappa shape index (κ2) is 5.72. The number of rotatable bonds is 3. The van der Waals surface area contributed by atoms with E-state index in [0.29, 0.717) is 10.6 Å². The summed E-state index contributed by atoms with van der Waals surface area (Å²) in [4.78, 5) is 0. The van der Waals surface area contributed by atoms with Gasteiger partial charge in [-0.1, -0.05) is 23.7 Å². The molecule has 0 heterocycles. The fraction of sp³-hybridized carbons (Fsp3) is 0.143. The van der Waals surface area contributed by atoms with Gasteiger partial charge in [-0.25, -0.2) is 0 Å². The Morgan fingerprint density at radius 2 is 1.68 bits per heavy atom. The summed E-state index contributed by atoms with van der Waals surface area (Å²) in [6.45, 7) is 1.85. The first-order valence-electron chi connectivity index (χ1n) is 5.72. The summed E-state index contributed by atoms with van der Waals surface area (Å²) in [6, 6.07) is 9.88. The average Bonchev–Trinajstić information content (AvgIpc) is 2.35. The molecule has 1 unspecified atom stereocenters. The van der Waals surface area contributed by atoms with Gasteiger partial charge >= 0.3 is 0 Å². The lowest BCUT2D eigenvalue weighted by Gasteiger charge is -2.19. The number of phenols is 2. The molecule has 19 heavy (non-hydrogen) atoms. The SMILES string of the molecule is CC(Nc1cccc(Cl)c1Br)c1c(O)cccc1O. The highest BCUT2D eigenvalue weighted by Crippen LogP contribution is 2.37. The Bertz CT molecular complexity index is 584. The molecule has 3 nitrogen and oxygen atoms in total. The van der Waals surface area contributed by atoms with Crippen LogP contribution in [0.4, 0.5) is 5.69 Å². The molecule has 0 bridgehead atoms. The van der Waals surface area contributed by atoms with Crippen LogP contribution in [0.25, 0.3) is 0 Å². The van der Waals surface area contributed by atoms with Crippen molar-refractivity contribution in [3.05, 3.63) is 51.5 Å². The van der Waals surface area contributed by atoms with Crippen molar-refractivity contribution in [2.24, 2.45) is 0 Å². The summed E-state index contributed by atoms with van der Waals surface area (Å²) in [5.74, 6) is 0.108. The Morgan fingerprint density at radius 1 is 1.11 bits per heavy atom. The molecule has 0 saturated carbocycles. The van der Waals surface area contributed by atoms with Crippen molar-refractivity contribution in [3.63, 3.8) is 0 Å². The summed E-state index contributed by atoms with van der Waals surface area (Å²) >= 11 is 9.42. The second-order valence-corrected chi connectivity index (χ2v) is 5.38. The highest BCUT2D eigenvalue weighted by molar-refractivity contribution is 9.10. The summed E-state index contributed by atoms with van der Waals surface area (Å²) in [5.41, 5.74) is 1.25. The van der Waals surface area contributed by atoms with E-state index in [1.54, 1.807) is 24.3 Å². The van der Waals surface area contributed by atoms with Crippen LogP contribution in [0, 0.1) is 0 Å². The second-order valence-electron chi connectivity index (χ2n) is 4.18. The first-order valence-corrected chi connectivity index (χ1v) is 6.89. The lowest BCUT2D eigenvalue weighted by atomic mass is 10.1. The zero-order valence-corrected chi connectivity index (χ0v) is 12.5. The molecular formula is C14H13BrClNO2. The minimum absolute atomic E-state index is 0.0538. The molecule has 3 N–H and O–H groups in total. The fourth-order valence-corrected chi connectivity index (χ4v) is 2.46. The van der Waals surface area contributed by atoms with E-state index in [-0.39, 0.29) is 17.5 Å². The van der Waals surface area contributed by atoms with Crippen molar-refractivity contribution in [2.45, 2.75) is 13.0 Å². The van der Waals surface area contributed by atoms with Gasteiger partial charge in [-0.3, -0.25) is 0 Å². The molecule has 0 aliphatic rings. The molecular weight excluding hydrogens is 330 g/mol. The first-order chi connectivity index (χ1) is 9.00. The Balaban J connectivity index is 2.31. The van der Waals surface area contributed by atoms with Gasteiger partial charge in [0.05, 0.1) is 26.8 Å². The van der Waals surface area contributed by atoms with Crippen LogP contribution in [0.5, 0.6) is 11.5 Å². The van der Waals surface area contributed by atoms with Gasteiger partial charge in [0.25, 0.3) is 0 Å². The molecule has 0 radical (unpaired) electrons. The van der Waals surface area contributed by atoms with E-state index in [9.17, 15) is 10.2 Å². The smallest absolute Gasteiger partial charge is 0.124 e. The normalized spacial score (nSPS) is 12.2. The summed E-state index contributed by atoms with van der Waals surface area (Å²) < 4.78 is 0.749. The highest BCUT2D eigenvalue weighted by Gasteiger charge is 2.16. The van der Waals surface area contributed by atoms with Crippen molar-refractivity contribution in [2.75, 3.05) is 5.32 Å². The predicted molar refractivity (Wildman–Crippen MR) is 81.0 cm³/mol. The van der Waals surface area contributed by atoms with Crippen LogP contribution in [-0.2, 0) is 0 Å². The molecule has 0 aromatic heterocycles. The third-order valence-corrected chi connectivity index (χ3v) is 4.21. The van der Waals surface area contributed by atoms with E-state index in [1.807, 2.05) is 19.1 Å². The standard InChI is InChI=1S/C14H13BrClNO2/c1-8(13-11(18)6-3-7-12(13)19)17-10-5-2-4-9(16)14(10)15/h2-8,17-19H,1H3. The van der Waals surface area contributed by atoms with Gasteiger partial charge in [0, 0.05) is 0 Å². The maximum atomic E-state index is 9.83. The third-order valence-electron chi connectivity index (χ3n) is 2.82. The Labute approximate surface area is 125 Å². The number of hydrogen-bond donors (Lipinski definition) is 3. The minimum Gasteiger partial charge on any atom is -0.507 e. The fourth-order valence-electron chi connectivity index (χ4n) is 1.91. The van der Waals surface area contributed by atoms with Gasteiger partial charge in [0.2, 0.25) is 0 Å². The van der Waals surface area contributed by atoms with Crippen LogP contribution in [0.2, 0.25) is 5.02 Å². The van der Waals surface area contributed by atoms with Crippen molar-refractivity contribution in [3.8, 4) is 11.5 Å². The molecule has 100 valence electrons. The molecule has 0 saturated heterocycles. The summed E-state index contributed by atoms with van der Waals surface area (Å²) in [6.07, 6.45) is 0. The molecule has 0 spiro atoms. The van der Waals surface area contributed by atoms with Gasteiger partial charge in [0.15, 0.2) is 0 Å². The predicted octanol–water partition coefficient (Wildman–Crippen LogP) is 4.69. The van der Waals surface area contributed by atoms with Gasteiger partial charge in [-0.15, -0.1) is 0 Å². The average molecular weight is 343 g/mol. The molecule has 2 rings (SSSR count). The summed E-state index contributed by atoms with van der Waals surface area (Å²) in [5, 5.41) is 23.4. The number of phenolic OH excluding ortho intramolecular Hbond substituents is 2. The number of benzene rings is 2. The number of halogens is 2. The topological polar surface area (TPSA) is 52.5 Å². The van der Waals surface area contributed by atoms with Crippen LogP contribution in [-0.4, -0.2) is 10.2 Å². The van der Waals surface area contributed by atoms with Gasteiger partial charge < -0.3 is 15.5 Å². The zero-order chi connectivity index (χ0) is 14.0. The lowest BCUT2D eigenvalue weighted by Crippen LogP contribution is -2.07. The molecule has 0 fully saturated rings. The molecule has 0 aliphatic carbocycles. The van der Waals surface area contributed by atoms with Crippen LogP contribution in [0.3, 0.4) is 0 Å². The molecule has 2 aromatic carbocycles. The number of hydrogen-bond acceptors (Lipinski definition) is 3. The Kier molecular flexibility index (Phi) is 4.22. The number of nitrogens with one attached hydrogen (secondary N) is 1. The van der Waals surface area contributed by atoms with Gasteiger partial charge in [-0.2, -0.15) is 0 Å². The maximum Gasteiger partial charge on any atom is 0.124 e. The van der Waals surface area contributed by atoms with Crippen LogP contribution >= 0.6 is 27.5 Å². The maximum absolute atomic E-state index is 9.83. The van der Waals surface area contributed by atoms with Crippen LogP contribution in [0.1, 0.15) is 18.5 Å². The largest absolute Gasteiger partial charge is 0.507 e.